The third kappa shape index (κ3) is 4.83. The quantitative estimate of drug-likeness (QED) is 0.544. The van der Waals surface area contributed by atoms with Crippen molar-refractivity contribution in [2.24, 2.45) is 0 Å². The van der Waals surface area contributed by atoms with Crippen molar-refractivity contribution >= 4 is 17.5 Å². The first-order valence-corrected chi connectivity index (χ1v) is 11.0. The third-order valence-electron chi connectivity index (χ3n) is 6.29. The summed E-state index contributed by atoms with van der Waals surface area (Å²) >= 11 is 0. The lowest BCUT2D eigenvalue weighted by Crippen LogP contribution is -2.39. The molecule has 164 valence electrons. The molecule has 5 nitrogen and oxygen atoms in total. The molecule has 1 saturated carbocycles. The van der Waals surface area contributed by atoms with E-state index in [0.717, 1.165) is 12.8 Å². The van der Waals surface area contributed by atoms with Gasteiger partial charge in [0.1, 0.15) is 5.75 Å². The molecule has 2 amide bonds. The van der Waals surface area contributed by atoms with E-state index in [2.05, 4.69) is 34.9 Å². The molecule has 1 fully saturated rings. The standard InChI is InChI=1S/C27H28N2O3/c1-32-24-15-11-21(12-16-24)26(31)29-23-13-9-20(10-14-23)25(30)28-19-27(17-5-6-18-27)22-7-3-2-4-8-22/h2-4,7-16H,5-6,17-19H2,1H3,(H,28,30)(H,29,31). The molecule has 1 aliphatic carbocycles. The van der Waals surface area contributed by atoms with Crippen molar-refractivity contribution < 1.29 is 14.3 Å². The number of benzene rings is 3. The van der Waals surface area contributed by atoms with Crippen molar-refractivity contribution in [3.63, 3.8) is 0 Å². The predicted octanol–water partition coefficient (Wildman–Crippen LogP) is 5.19. The summed E-state index contributed by atoms with van der Waals surface area (Å²) in [5, 5.41) is 5.99. The molecule has 1 aliphatic rings. The second-order valence-electron chi connectivity index (χ2n) is 8.30. The highest BCUT2D eigenvalue weighted by Gasteiger charge is 2.35. The van der Waals surface area contributed by atoms with Gasteiger partial charge in [0.15, 0.2) is 0 Å². The first-order chi connectivity index (χ1) is 15.6. The van der Waals surface area contributed by atoms with Gasteiger partial charge in [-0.1, -0.05) is 43.2 Å². The van der Waals surface area contributed by atoms with E-state index in [-0.39, 0.29) is 17.2 Å². The van der Waals surface area contributed by atoms with Crippen molar-refractivity contribution in [3.05, 3.63) is 95.6 Å². The Hall–Kier alpha value is -3.60. The second kappa shape index (κ2) is 9.69. The van der Waals surface area contributed by atoms with Gasteiger partial charge in [0.2, 0.25) is 0 Å². The molecule has 3 aromatic rings. The molecule has 0 radical (unpaired) electrons. The summed E-state index contributed by atoms with van der Waals surface area (Å²) in [5.41, 5.74) is 3.07. The van der Waals surface area contributed by atoms with Crippen LogP contribution in [0.25, 0.3) is 0 Å². The summed E-state index contributed by atoms with van der Waals surface area (Å²) in [7, 11) is 1.59. The molecular weight excluding hydrogens is 400 g/mol. The first-order valence-electron chi connectivity index (χ1n) is 11.0. The van der Waals surface area contributed by atoms with Gasteiger partial charge in [-0.3, -0.25) is 9.59 Å². The molecular formula is C27H28N2O3. The molecule has 0 spiro atoms. The second-order valence-corrected chi connectivity index (χ2v) is 8.30. The van der Waals surface area contributed by atoms with Gasteiger partial charge in [-0.2, -0.15) is 0 Å². The first kappa shape index (κ1) is 21.6. The van der Waals surface area contributed by atoms with Crippen LogP contribution in [0.15, 0.2) is 78.9 Å². The molecule has 0 atom stereocenters. The Morgan fingerprint density at radius 3 is 2.03 bits per heavy atom. The van der Waals surface area contributed by atoms with E-state index in [1.54, 1.807) is 55.6 Å². The van der Waals surface area contributed by atoms with Crippen molar-refractivity contribution in [1.82, 2.24) is 5.32 Å². The average molecular weight is 429 g/mol. The van der Waals surface area contributed by atoms with Gasteiger partial charge in [0.25, 0.3) is 11.8 Å². The Morgan fingerprint density at radius 1 is 0.812 bits per heavy atom. The van der Waals surface area contributed by atoms with E-state index >= 15 is 0 Å². The van der Waals surface area contributed by atoms with Gasteiger partial charge < -0.3 is 15.4 Å². The predicted molar refractivity (Wildman–Crippen MR) is 126 cm³/mol. The van der Waals surface area contributed by atoms with Crippen molar-refractivity contribution in [2.75, 3.05) is 19.0 Å². The molecule has 0 unspecified atom stereocenters. The topological polar surface area (TPSA) is 67.4 Å². The van der Waals surface area contributed by atoms with Crippen LogP contribution < -0.4 is 15.4 Å². The minimum absolute atomic E-state index is 0.0171. The van der Waals surface area contributed by atoms with E-state index in [4.69, 9.17) is 4.74 Å². The molecule has 2 N–H and O–H groups in total. The number of carbonyl (C=O) groups excluding carboxylic acids is 2. The van der Waals surface area contributed by atoms with E-state index in [1.165, 1.54) is 18.4 Å². The molecule has 4 rings (SSSR count). The molecule has 3 aromatic carbocycles. The maximum Gasteiger partial charge on any atom is 0.255 e. The highest BCUT2D eigenvalue weighted by Crippen LogP contribution is 2.40. The van der Waals surface area contributed by atoms with Crippen LogP contribution in [-0.4, -0.2) is 25.5 Å². The third-order valence-corrected chi connectivity index (χ3v) is 6.29. The van der Waals surface area contributed by atoms with Crippen LogP contribution in [0, 0.1) is 0 Å². The van der Waals surface area contributed by atoms with E-state index in [9.17, 15) is 9.59 Å². The number of ether oxygens (including phenoxy) is 1. The summed E-state index contributed by atoms with van der Waals surface area (Å²) in [6.07, 6.45) is 4.56. The lowest BCUT2D eigenvalue weighted by Gasteiger charge is -2.30. The minimum Gasteiger partial charge on any atom is -0.497 e. The summed E-state index contributed by atoms with van der Waals surface area (Å²) in [6.45, 7) is 0.631. The zero-order chi connectivity index (χ0) is 22.4. The molecule has 0 saturated heterocycles. The molecule has 32 heavy (non-hydrogen) atoms. The highest BCUT2D eigenvalue weighted by atomic mass is 16.5. The van der Waals surface area contributed by atoms with Gasteiger partial charge >= 0.3 is 0 Å². The van der Waals surface area contributed by atoms with Gasteiger partial charge in [-0.15, -0.1) is 0 Å². The van der Waals surface area contributed by atoms with Gasteiger partial charge in [0.05, 0.1) is 7.11 Å². The van der Waals surface area contributed by atoms with Gasteiger partial charge in [-0.25, -0.2) is 0 Å². The zero-order valence-corrected chi connectivity index (χ0v) is 18.3. The normalized spacial score (nSPS) is 14.5. The van der Waals surface area contributed by atoms with Crippen LogP contribution in [0.3, 0.4) is 0 Å². The summed E-state index contributed by atoms with van der Waals surface area (Å²) < 4.78 is 5.12. The van der Waals surface area contributed by atoms with E-state index < -0.39 is 0 Å². The van der Waals surface area contributed by atoms with Crippen LogP contribution in [0.4, 0.5) is 5.69 Å². The van der Waals surface area contributed by atoms with Gasteiger partial charge in [-0.05, 0) is 66.9 Å². The monoisotopic (exact) mass is 428 g/mol. The Kier molecular flexibility index (Phi) is 6.55. The number of hydrogen-bond donors (Lipinski definition) is 2. The smallest absolute Gasteiger partial charge is 0.255 e. The summed E-state index contributed by atoms with van der Waals surface area (Å²) in [6, 6.07) is 24.4. The summed E-state index contributed by atoms with van der Waals surface area (Å²) in [4.78, 5) is 25.2. The zero-order valence-electron chi connectivity index (χ0n) is 18.3. The molecule has 0 aromatic heterocycles. The summed E-state index contributed by atoms with van der Waals surface area (Å²) in [5.74, 6) is 0.389. The molecule has 5 heteroatoms. The van der Waals surface area contributed by atoms with Crippen LogP contribution >= 0.6 is 0 Å². The fraction of sp³-hybridized carbons (Fsp3) is 0.259. The highest BCUT2D eigenvalue weighted by molar-refractivity contribution is 6.04. The number of methoxy groups -OCH3 is 1. The lowest BCUT2D eigenvalue weighted by molar-refractivity contribution is 0.0942. The maximum absolute atomic E-state index is 12.8. The average Bonchev–Trinajstić information content (AvgIpc) is 3.34. The largest absolute Gasteiger partial charge is 0.497 e. The minimum atomic E-state index is -0.212. The van der Waals surface area contributed by atoms with E-state index in [0.29, 0.717) is 29.1 Å². The van der Waals surface area contributed by atoms with Crippen LogP contribution in [-0.2, 0) is 5.41 Å². The van der Waals surface area contributed by atoms with Crippen molar-refractivity contribution in [1.29, 1.82) is 0 Å². The molecule has 0 heterocycles. The fourth-order valence-corrected chi connectivity index (χ4v) is 4.41. The van der Waals surface area contributed by atoms with Crippen LogP contribution in [0.1, 0.15) is 52.0 Å². The van der Waals surface area contributed by atoms with Crippen molar-refractivity contribution in [2.45, 2.75) is 31.1 Å². The maximum atomic E-state index is 12.8. The number of amides is 2. The lowest BCUT2D eigenvalue weighted by atomic mass is 9.79. The van der Waals surface area contributed by atoms with Crippen LogP contribution in [0.5, 0.6) is 5.75 Å². The van der Waals surface area contributed by atoms with Gasteiger partial charge in [0, 0.05) is 28.8 Å². The Morgan fingerprint density at radius 2 is 1.41 bits per heavy atom. The Bertz CT molecular complexity index is 1050. The Balaban J connectivity index is 1.37. The number of anilines is 1. The number of carbonyl (C=O) groups is 2. The van der Waals surface area contributed by atoms with E-state index in [1.807, 2.05) is 6.07 Å². The number of rotatable bonds is 7. The molecule has 0 bridgehead atoms. The molecule has 0 aliphatic heterocycles. The number of hydrogen-bond acceptors (Lipinski definition) is 3. The SMILES string of the molecule is COc1ccc(C(=O)Nc2ccc(C(=O)NCC3(c4ccccc4)CCCC3)cc2)cc1. The van der Waals surface area contributed by atoms with Crippen LogP contribution in [0.2, 0.25) is 0 Å². The Labute approximate surface area is 188 Å². The fourth-order valence-electron chi connectivity index (χ4n) is 4.41. The number of nitrogens with one attached hydrogen (secondary N) is 2. The van der Waals surface area contributed by atoms with Crippen molar-refractivity contribution in [3.8, 4) is 5.75 Å².